The van der Waals surface area contributed by atoms with Gasteiger partial charge in [-0.2, -0.15) is 5.10 Å². The number of rotatable bonds is 7. The largest absolute Gasteiger partial charge is 0.493 e. The number of nitrogens with one attached hydrogen (secondary N) is 1. The third-order valence-corrected chi connectivity index (χ3v) is 4.17. The van der Waals surface area contributed by atoms with Crippen LogP contribution in [0.25, 0.3) is 0 Å². The van der Waals surface area contributed by atoms with Crippen LogP contribution in [0.1, 0.15) is 35.8 Å². The Morgan fingerprint density at radius 3 is 2.90 bits per heavy atom. The maximum Gasteiger partial charge on any atom is 0.161 e. The predicted octanol–water partition coefficient (Wildman–Crippen LogP) is 2.48. The molecular formula is C14H22N4OS. The number of nitrogens with zero attached hydrogens (tertiary/aromatic N) is 3. The molecule has 1 atom stereocenters. The quantitative estimate of drug-likeness (QED) is 0.852. The molecule has 2 aromatic heterocycles. The number of aromatic nitrogens is 3. The molecular weight excluding hydrogens is 272 g/mol. The smallest absolute Gasteiger partial charge is 0.161 e. The molecule has 110 valence electrons. The van der Waals surface area contributed by atoms with Gasteiger partial charge in [0.25, 0.3) is 0 Å². The lowest BCUT2D eigenvalue weighted by Crippen LogP contribution is -2.26. The third kappa shape index (κ3) is 3.37. The van der Waals surface area contributed by atoms with Crippen molar-refractivity contribution in [3.05, 3.63) is 28.0 Å². The van der Waals surface area contributed by atoms with E-state index in [1.54, 1.807) is 24.6 Å². The Labute approximate surface area is 124 Å². The van der Waals surface area contributed by atoms with Crippen molar-refractivity contribution in [1.82, 2.24) is 20.1 Å². The highest BCUT2D eigenvalue weighted by atomic mass is 32.1. The average molecular weight is 294 g/mol. The highest BCUT2D eigenvalue weighted by molar-refractivity contribution is 7.09. The first-order chi connectivity index (χ1) is 9.65. The van der Waals surface area contributed by atoms with Crippen LogP contribution in [-0.4, -0.2) is 28.4 Å². The summed E-state index contributed by atoms with van der Waals surface area (Å²) in [4.78, 5) is 4.56. The SMILES string of the molecule is CCCNC(Cc1nc(C)cs1)c1c(OC)cnn1C. The van der Waals surface area contributed by atoms with Crippen molar-refractivity contribution in [1.29, 1.82) is 0 Å². The van der Waals surface area contributed by atoms with Crippen molar-refractivity contribution in [2.75, 3.05) is 13.7 Å². The lowest BCUT2D eigenvalue weighted by molar-refractivity contribution is 0.392. The number of hydrogen-bond acceptors (Lipinski definition) is 5. The fraction of sp³-hybridized carbons (Fsp3) is 0.571. The van der Waals surface area contributed by atoms with Crippen LogP contribution in [0.4, 0.5) is 0 Å². The summed E-state index contributed by atoms with van der Waals surface area (Å²) < 4.78 is 7.31. The topological polar surface area (TPSA) is 52.0 Å². The second kappa shape index (κ2) is 6.85. The van der Waals surface area contributed by atoms with Crippen molar-refractivity contribution >= 4 is 11.3 Å². The van der Waals surface area contributed by atoms with Crippen molar-refractivity contribution in [3.8, 4) is 5.75 Å². The second-order valence-electron chi connectivity index (χ2n) is 4.82. The Kier molecular flexibility index (Phi) is 5.14. The summed E-state index contributed by atoms with van der Waals surface area (Å²) in [5.74, 6) is 0.828. The summed E-state index contributed by atoms with van der Waals surface area (Å²) in [6.07, 6.45) is 3.71. The van der Waals surface area contributed by atoms with E-state index < -0.39 is 0 Å². The zero-order chi connectivity index (χ0) is 14.5. The molecule has 0 aromatic carbocycles. The van der Waals surface area contributed by atoms with Crippen LogP contribution in [0.15, 0.2) is 11.6 Å². The molecule has 1 unspecified atom stereocenters. The van der Waals surface area contributed by atoms with Crippen molar-refractivity contribution in [3.63, 3.8) is 0 Å². The highest BCUT2D eigenvalue weighted by Crippen LogP contribution is 2.27. The molecule has 0 aliphatic rings. The van der Waals surface area contributed by atoms with E-state index in [2.05, 4.69) is 27.7 Å². The molecule has 0 radical (unpaired) electrons. The molecule has 2 heterocycles. The molecule has 2 aromatic rings. The van der Waals surface area contributed by atoms with Gasteiger partial charge in [0.1, 0.15) is 0 Å². The van der Waals surface area contributed by atoms with E-state index in [1.807, 2.05) is 18.7 Å². The van der Waals surface area contributed by atoms with Gasteiger partial charge in [0.2, 0.25) is 0 Å². The Bertz CT molecular complexity index is 549. The maximum atomic E-state index is 5.43. The molecule has 0 aliphatic heterocycles. The number of methoxy groups -OCH3 is 1. The number of aryl methyl sites for hydroxylation is 2. The summed E-state index contributed by atoms with van der Waals surface area (Å²) in [6, 6.07) is 0.169. The zero-order valence-electron chi connectivity index (χ0n) is 12.5. The van der Waals surface area contributed by atoms with Crippen LogP contribution in [-0.2, 0) is 13.5 Å². The standard InChI is InChI=1S/C14H22N4OS/c1-5-6-15-11(7-13-17-10(2)9-20-13)14-12(19-4)8-16-18(14)3/h8-9,11,15H,5-7H2,1-4H3. The van der Waals surface area contributed by atoms with E-state index in [0.717, 1.165) is 41.5 Å². The Hall–Kier alpha value is -1.40. The van der Waals surface area contributed by atoms with Crippen molar-refractivity contribution < 1.29 is 4.74 Å². The Balaban J connectivity index is 2.24. The van der Waals surface area contributed by atoms with Gasteiger partial charge in [-0.05, 0) is 19.9 Å². The van der Waals surface area contributed by atoms with Gasteiger partial charge in [0.05, 0.1) is 30.1 Å². The molecule has 0 spiro atoms. The fourth-order valence-corrected chi connectivity index (χ4v) is 3.06. The minimum atomic E-state index is 0.169. The van der Waals surface area contributed by atoms with E-state index in [1.165, 1.54) is 0 Å². The van der Waals surface area contributed by atoms with Crippen LogP contribution in [0.5, 0.6) is 5.75 Å². The number of hydrogen-bond donors (Lipinski definition) is 1. The molecule has 1 N–H and O–H groups in total. The summed E-state index contributed by atoms with van der Waals surface area (Å²) in [5, 5.41) is 11.1. The summed E-state index contributed by atoms with van der Waals surface area (Å²) in [7, 11) is 3.64. The van der Waals surface area contributed by atoms with Crippen LogP contribution in [0.3, 0.4) is 0 Å². The second-order valence-corrected chi connectivity index (χ2v) is 5.76. The van der Waals surface area contributed by atoms with E-state index in [-0.39, 0.29) is 6.04 Å². The van der Waals surface area contributed by atoms with Gasteiger partial charge in [-0.3, -0.25) is 4.68 Å². The van der Waals surface area contributed by atoms with Gasteiger partial charge >= 0.3 is 0 Å². The molecule has 0 saturated heterocycles. The van der Waals surface area contributed by atoms with Crippen LogP contribution >= 0.6 is 11.3 Å². The van der Waals surface area contributed by atoms with E-state index in [9.17, 15) is 0 Å². The lowest BCUT2D eigenvalue weighted by atomic mass is 10.1. The molecule has 20 heavy (non-hydrogen) atoms. The Morgan fingerprint density at radius 1 is 1.50 bits per heavy atom. The monoisotopic (exact) mass is 294 g/mol. The molecule has 0 fully saturated rings. The normalized spacial score (nSPS) is 12.6. The molecule has 0 aliphatic carbocycles. The molecule has 0 bridgehead atoms. The zero-order valence-corrected chi connectivity index (χ0v) is 13.3. The highest BCUT2D eigenvalue weighted by Gasteiger charge is 2.21. The lowest BCUT2D eigenvalue weighted by Gasteiger charge is -2.19. The van der Waals surface area contributed by atoms with Crippen molar-refractivity contribution in [2.24, 2.45) is 7.05 Å². The minimum Gasteiger partial charge on any atom is -0.493 e. The van der Waals surface area contributed by atoms with Gasteiger partial charge in [0.15, 0.2) is 5.75 Å². The Morgan fingerprint density at radius 2 is 2.30 bits per heavy atom. The minimum absolute atomic E-state index is 0.169. The molecule has 5 nitrogen and oxygen atoms in total. The summed E-state index contributed by atoms with van der Waals surface area (Å²) in [5.41, 5.74) is 2.16. The molecule has 0 saturated carbocycles. The van der Waals surface area contributed by atoms with Crippen LogP contribution in [0, 0.1) is 6.92 Å². The molecule has 0 amide bonds. The van der Waals surface area contributed by atoms with E-state index >= 15 is 0 Å². The number of ether oxygens (including phenoxy) is 1. The average Bonchev–Trinajstić information content (AvgIpc) is 3.00. The fourth-order valence-electron chi connectivity index (χ4n) is 2.24. The summed E-state index contributed by atoms with van der Waals surface area (Å²) >= 11 is 1.71. The van der Waals surface area contributed by atoms with Crippen LogP contribution in [0.2, 0.25) is 0 Å². The summed E-state index contributed by atoms with van der Waals surface area (Å²) in [6.45, 7) is 5.15. The first-order valence-electron chi connectivity index (χ1n) is 6.86. The number of thiazole rings is 1. The van der Waals surface area contributed by atoms with Gasteiger partial charge in [-0.1, -0.05) is 6.92 Å². The maximum absolute atomic E-state index is 5.43. The predicted molar refractivity (Wildman–Crippen MR) is 81.3 cm³/mol. The van der Waals surface area contributed by atoms with Gasteiger partial charge < -0.3 is 10.1 Å². The van der Waals surface area contributed by atoms with Gasteiger partial charge in [0, 0.05) is 24.5 Å². The third-order valence-electron chi connectivity index (χ3n) is 3.19. The van der Waals surface area contributed by atoms with Gasteiger partial charge in [-0.25, -0.2) is 4.98 Å². The molecule has 2 rings (SSSR count). The first-order valence-corrected chi connectivity index (χ1v) is 7.74. The van der Waals surface area contributed by atoms with Crippen LogP contribution < -0.4 is 10.1 Å². The first kappa shape index (κ1) is 15.0. The van der Waals surface area contributed by atoms with E-state index in [4.69, 9.17) is 4.74 Å². The van der Waals surface area contributed by atoms with Crippen molar-refractivity contribution in [2.45, 2.75) is 32.7 Å². The van der Waals surface area contributed by atoms with E-state index in [0.29, 0.717) is 0 Å². The van der Waals surface area contributed by atoms with Gasteiger partial charge in [-0.15, -0.1) is 11.3 Å². The molecule has 6 heteroatoms.